The maximum Gasteiger partial charge on any atom is 0.251 e. The third kappa shape index (κ3) is 5.66. The fraction of sp³-hybridized carbons (Fsp3) is 0.316. The van der Waals surface area contributed by atoms with Crippen LogP contribution in [0, 0.1) is 6.92 Å². The molecule has 140 valence electrons. The van der Waals surface area contributed by atoms with Gasteiger partial charge in [-0.2, -0.15) is 0 Å². The summed E-state index contributed by atoms with van der Waals surface area (Å²) in [4.78, 5) is 12.2. The summed E-state index contributed by atoms with van der Waals surface area (Å²) in [5.41, 5.74) is 2.23. The molecule has 0 radical (unpaired) electrons. The second kappa shape index (κ2) is 9.47. The maximum absolute atomic E-state index is 12.5. The fourth-order valence-electron chi connectivity index (χ4n) is 2.39. The first-order valence-electron chi connectivity index (χ1n) is 8.35. The first kappa shape index (κ1) is 20.1. The quantitative estimate of drug-likeness (QED) is 0.658. The van der Waals surface area contributed by atoms with Gasteiger partial charge in [-0.3, -0.25) is 4.79 Å². The molecule has 0 atom stereocenters. The van der Waals surface area contributed by atoms with E-state index < -0.39 is 10.0 Å². The number of hydrogen-bond donors (Lipinski definition) is 2. The van der Waals surface area contributed by atoms with Crippen molar-refractivity contribution in [3.05, 3.63) is 65.2 Å². The Morgan fingerprint density at radius 2 is 1.88 bits per heavy atom. The Hall–Kier alpha value is -2.22. The Balaban J connectivity index is 2.05. The monoisotopic (exact) mass is 376 g/mol. The number of sulfonamides is 1. The molecule has 26 heavy (non-hydrogen) atoms. The molecule has 0 unspecified atom stereocenters. The number of benzene rings is 2. The van der Waals surface area contributed by atoms with Gasteiger partial charge >= 0.3 is 0 Å². The summed E-state index contributed by atoms with van der Waals surface area (Å²) in [6.07, 6.45) is 0.693. The van der Waals surface area contributed by atoms with E-state index in [1.807, 2.05) is 31.2 Å². The number of rotatable bonds is 9. The largest absolute Gasteiger partial charge is 0.385 e. The van der Waals surface area contributed by atoms with Crippen LogP contribution in [0.25, 0.3) is 0 Å². The highest BCUT2D eigenvalue weighted by Crippen LogP contribution is 2.13. The minimum atomic E-state index is -3.71. The van der Waals surface area contributed by atoms with Crippen LogP contribution in [0.4, 0.5) is 0 Å². The van der Waals surface area contributed by atoms with Crippen LogP contribution < -0.4 is 10.0 Å². The molecule has 0 fully saturated rings. The second-order valence-electron chi connectivity index (χ2n) is 5.88. The van der Waals surface area contributed by atoms with Gasteiger partial charge in [-0.1, -0.05) is 30.3 Å². The summed E-state index contributed by atoms with van der Waals surface area (Å²) in [6.45, 7) is 3.15. The lowest BCUT2D eigenvalue weighted by atomic mass is 10.1. The number of aryl methyl sites for hydroxylation is 1. The minimum Gasteiger partial charge on any atom is -0.385 e. The van der Waals surface area contributed by atoms with Gasteiger partial charge in [-0.15, -0.1) is 0 Å². The molecule has 0 saturated carbocycles. The molecule has 2 rings (SSSR count). The van der Waals surface area contributed by atoms with Gasteiger partial charge < -0.3 is 10.1 Å². The molecule has 0 saturated heterocycles. The maximum atomic E-state index is 12.5. The molecule has 2 aromatic carbocycles. The molecule has 0 aliphatic rings. The topological polar surface area (TPSA) is 84.5 Å². The molecular formula is C19H24N2O4S. The summed E-state index contributed by atoms with van der Waals surface area (Å²) in [6, 6.07) is 13.6. The van der Waals surface area contributed by atoms with Crippen LogP contribution >= 0.6 is 0 Å². The van der Waals surface area contributed by atoms with Gasteiger partial charge in [0.1, 0.15) is 0 Å². The average Bonchev–Trinajstić information content (AvgIpc) is 2.64. The van der Waals surface area contributed by atoms with E-state index in [1.165, 1.54) is 12.1 Å². The molecule has 0 bridgehead atoms. The van der Waals surface area contributed by atoms with Crippen molar-refractivity contribution in [2.75, 3.05) is 20.3 Å². The molecule has 7 heteroatoms. The SMILES string of the molecule is COCCCNC(=O)c1cccc(S(=O)(=O)NCc2ccccc2C)c1. The third-order valence-electron chi connectivity index (χ3n) is 3.93. The van der Waals surface area contributed by atoms with Gasteiger partial charge in [0, 0.05) is 32.4 Å². The molecule has 0 heterocycles. The van der Waals surface area contributed by atoms with Crippen LogP contribution in [-0.4, -0.2) is 34.6 Å². The molecular weight excluding hydrogens is 352 g/mol. The molecule has 0 aromatic heterocycles. The van der Waals surface area contributed by atoms with Crippen molar-refractivity contribution in [1.82, 2.24) is 10.0 Å². The van der Waals surface area contributed by atoms with Gasteiger partial charge in [-0.05, 0) is 42.7 Å². The highest BCUT2D eigenvalue weighted by molar-refractivity contribution is 7.89. The van der Waals surface area contributed by atoms with E-state index in [4.69, 9.17) is 4.74 Å². The second-order valence-corrected chi connectivity index (χ2v) is 7.65. The number of amides is 1. The standard InChI is InChI=1S/C19H24N2O4S/c1-15-7-3-4-8-17(15)14-21-26(23,24)18-10-5-9-16(13-18)19(22)20-11-6-12-25-2/h3-5,7-10,13,21H,6,11-12,14H2,1-2H3,(H,20,22). The minimum absolute atomic E-state index is 0.0654. The predicted octanol–water partition coefficient (Wildman–Crippen LogP) is 2.24. The van der Waals surface area contributed by atoms with Crippen molar-refractivity contribution >= 4 is 15.9 Å². The molecule has 0 aliphatic heterocycles. The van der Waals surface area contributed by atoms with Crippen LogP contribution in [0.1, 0.15) is 27.9 Å². The van der Waals surface area contributed by atoms with Crippen LogP contribution in [0.2, 0.25) is 0 Å². The number of ether oxygens (including phenoxy) is 1. The molecule has 2 aromatic rings. The highest BCUT2D eigenvalue weighted by Gasteiger charge is 2.16. The Labute approximate surface area is 154 Å². The van der Waals surface area contributed by atoms with E-state index >= 15 is 0 Å². The van der Waals surface area contributed by atoms with Crippen molar-refractivity contribution in [3.8, 4) is 0 Å². The lowest BCUT2D eigenvalue weighted by Gasteiger charge is -2.10. The summed E-state index contributed by atoms with van der Waals surface area (Å²) in [5, 5.41) is 2.74. The molecule has 1 amide bonds. The normalized spacial score (nSPS) is 11.3. The summed E-state index contributed by atoms with van der Waals surface area (Å²) in [5.74, 6) is -0.308. The number of nitrogens with one attached hydrogen (secondary N) is 2. The summed E-state index contributed by atoms with van der Waals surface area (Å²) >= 11 is 0. The van der Waals surface area contributed by atoms with Gasteiger partial charge in [-0.25, -0.2) is 13.1 Å². The third-order valence-corrected chi connectivity index (χ3v) is 5.33. The number of methoxy groups -OCH3 is 1. The van der Waals surface area contributed by atoms with Crippen molar-refractivity contribution < 1.29 is 17.9 Å². The van der Waals surface area contributed by atoms with Crippen LogP contribution in [-0.2, 0) is 21.3 Å². The summed E-state index contributed by atoms with van der Waals surface area (Å²) in [7, 11) is -2.11. The first-order chi connectivity index (χ1) is 12.4. The van der Waals surface area contributed by atoms with E-state index in [9.17, 15) is 13.2 Å². The lowest BCUT2D eigenvalue weighted by molar-refractivity contribution is 0.0948. The molecule has 0 spiro atoms. The zero-order chi connectivity index (χ0) is 19.0. The molecule has 6 nitrogen and oxygen atoms in total. The van der Waals surface area contributed by atoms with E-state index in [1.54, 1.807) is 19.2 Å². The number of carbonyl (C=O) groups is 1. The van der Waals surface area contributed by atoms with E-state index in [2.05, 4.69) is 10.0 Å². The van der Waals surface area contributed by atoms with E-state index in [0.717, 1.165) is 11.1 Å². The summed E-state index contributed by atoms with van der Waals surface area (Å²) < 4.78 is 32.6. The van der Waals surface area contributed by atoms with E-state index in [-0.39, 0.29) is 17.3 Å². The Morgan fingerprint density at radius 3 is 2.62 bits per heavy atom. The van der Waals surface area contributed by atoms with Crippen LogP contribution in [0.15, 0.2) is 53.4 Å². The van der Waals surface area contributed by atoms with Crippen LogP contribution in [0.5, 0.6) is 0 Å². The lowest BCUT2D eigenvalue weighted by Crippen LogP contribution is -2.26. The van der Waals surface area contributed by atoms with Gasteiger partial charge in [0.05, 0.1) is 4.90 Å². The predicted molar refractivity (Wildman–Crippen MR) is 100 cm³/mol. The number of hydrogen-bond acceptors (Lipinski definition) is 4. The van der Waals surface area contributed by atoms with Gasteiger partial charge in [0.15, 0.2) is 0 Å². The van der Waals surface area contributed by atoms with Gasteiger partial charge in [0.2, 0.25) is 10.0 Å². The average molecular weight is 376 g/mol. The Bertz CT molecular complexity index is 850. The van der Waals surface area contributed by atoms with E-state index in [0.29, 0.717) is 25.1 Å². The molecule has 0 aliphatic carbocycles. The molecule has 2 N–H and O–H groups in total. The fourth-order valence-corrected chi connectivity index (χ4v) is 3.44. The zero-order valence-corrected chi connectivity index (χ0v) is 15.8. The van der Waals surface area contributed by atoms with Gasteiger partial charge in [0.25, 0.3) is 5.91 Å². The Morgan fingerprint density at radius 1 is 1.12 bits per heavy atom. The first-order valence-corrected chi connectivity index (χ1v) is 9.84. The van der Waals surface area contributed by atoms with Crippen molar-refractivity contribution in [2.24, 2.45) is 0 Å². The van der Waals surface area contributed by atoms with Crippen molar-refractivity contribution in [3.63, 3.8) is 0 Å². The van der Waals surface area contributed by atoms with Crippen molar-refractivity contribution in [2.45, 2.75) is 24.8 Å². The smallest absolute Gasteiger partial charge is 0.251 e. The number of carbonyl (C=O) groups excluding carboxylic acids is 1. The highest BCUT2D eigenvalue weighted by atomic mass is 32.2. The zero-order valence-electron chi connectivity index (χ0n) is 15.0. The van der Waals surface area contributed by atoms with Crippen molar-refractivity contribution in [1.29, 1.82) is 0 Å². The van der Waals surface area contributed by atoms with Crippen LogP contribution in [0.3, 0.4) is 0 Å². The Kier molecular flexibility index (Phi) is 7.32.